The third-order valence-electron chi connectivity index (χ3n) is 2.84. The maximum Gasteiger partial charge on any atom is 0.151 e. The van der Waals surface area contributed by atoms with E-state index in [1.54, 1.807) is 18.2 Å². The number of nitrogens with one attached hydrogen (secondary N) is 1. The van der Waals surface area contributed by atoms with Gasteiger partial charge in [-0.05, 0) is 37.3 Å². The Labute approximate surface area is 108 Å². The molecule has 0 aliphatic heterocycles. The van der Waals surface area contributed by atoms with E-state index in [9.17, 15) is 4.39 Å². The van der Waals surface area contributed by atoms with Crippen LogP contribution in [0.5, 0.6) is 0 Å². The van der Waals surface area contributed by atoms with Gasteiger partial charge < -0.3 is 4.98 Å². The molecule has 0 spiro atoms. The van der Waals surface area contributed by atoms with Crippen LogP contribution in [0.15, 0.2) is 30.3 Å². The number of aromatic nitrogens is 3. The normalized spacial score (nSPS) is 11.1. The lowest BCUT2D eigenvalue weighted by Gasteiger charge is -2.00. The van der Waals surface area contributed by atoms with Gasteiger partial charge in [-0.15, -0.1) is 10.2 Å². The lowest BCUT2D eigenvalue weighted by atomic mass is 10.1. The summed E-state index contributed by atoms with van der Waals surface area (Å²) in [4.78, 5) is 3.20. The molecule has 0 saturated carbocycles. The van der Waals surface area contributed by atoms with Crippen LogP contribution in [0, 0.1) is 12.7 Å². The second kappa shape index (κ2) is 4.07. The molecule has 3 rings (SSSR count). The van der Waals surface area contributed by atoms with Crippen molar-refractivity contribution in [3.05, 3.63) is 47.0 Å². The van der Waals surface area contributed by atoms with Gasteiger partial charge in [-0.3, -0.25) is 0 Å². The molecule has 0 amide bonds. The number of nitrogens with zero attached hydrogens (tertiary/aromatic N) is 2. The van der Waals surface area contributed by atoms with Crippen molar-refractivity contribution in [2.75, 3.05) is 0 Å². The van der Waals surface area contributed by atoms with Gasteiger partial charge >= 0.3 is 0 Å². The van der Waals surface area contributed by atoms with E-state index in [1.807, 2.05) is 6.92 Å². The smallest absolute Gasteiger partial charge is 0.151 e. The van der Waals surface area contributed by atoms with Gasteiger partial charge in [0.05, 0.1) is 5.69 Å². The second-order valence-corrected chi connectivity index (χ2v) is 4.44. The van der Waals surface area contributed by atoms with Gasteiger partial charge in [0.2, 0.25) is 0 Å². The fourth-order valence-electron chi connectivity index (χ4n) is 2.08. The van der Waals surface area contributed by atoms with E-state index >= 15 is 0 Å². The van der Waals surface area contributed by atoms with Crippen LogP contribution >= 0.6 is 11.6 Å². The summed E-state index contributed by atoms with van der Waals surface area (Å²) in [6.45, 7) is 1.92. The van der Waals surface area contributed by atoms with E-state index in [0.717, 1.165) is 22.2 Å². The van der Waals surface area contributed by atoms with Crippen molar-refractivity contribution in [2.45, 2.75) is 6.92 Å². The minimum absolute atomic E-state index is 0.273. The molecule has 0 saturated heterocycles. The van der Waals surface area contributed by atoms with E-state index in [-0.39, 0.29) is 5.82 Å². The minimum Gasteiger partial charge on any atom is -0.358 e. The summed E-state index contributed by atoms with van der Waals surface area (Å²) in [5.41, 5.74) is 3.33. The third-order valence-corrected chi connectivity index (χ3v) is 3.04. The van der Waals surface area contributed by atoms with E-state index in [4.69, 9.17) is 11.6 Å². The Kier molecular flexibility index (Phi) is 2.52. The summed E-state index contributed by atoms with van der Waals surface area (Å²) in [7, 11) is 0. The van der Waals surface area contributed by atoms with Crippen LogP contribution in [0.2, 0.25) is 5.15 Å². The molecule has 0 bridgehead atoms. The highest BCUT2D eigenvalue weighted by atomic mass is 35.5. The standard InChI is InChI=1S/C13H9ClFN3/c1-7-13(11-4-5-12(14)18-17-11)9-6-8(15)2-3-10(9)16-7/h2-6,16H,1H3. The van der Waals surface area contributed by atoms with E-state index in [0.29, 0.717) is 10.8 Å². The number of aryl methyl sites for hydroxylation is 1. The number of hydrogen-bond acceptors (Lipinski definition) is 2. The summed E-state index contributed by atoms with van der Waals surface area (Å²) >= 11 is 5.71. The lowest BCUT2D eigenvalue weighted by Crippen LogP contribution is -1.88. The van der Waals surface area contributed by atoms with Crippen molar-refractivity contribution in [1.29, 1.82) is 0 Å². The molecule has 2 aromatic heterocycles. The average molecular weight is 262 g/mol. The summed E-state index contributed by atoms with van der Waals surface area (Å²) in [6, 6.07) is 8.07. The fourth-order valence-corrected chi connectivity index (χ4v) is 2.18. The van der Waals surface area contributed by atoms with Gasteiger partial charge in [-0.2, -0.15) is 0 Å². The SMILES string of the molecule is Cc1[nH]c2ccc(F)cc2c1-c1ccc(Cl)nn1. The number of benzene rings is 1. The topological polar surface area (TPSA) is 41.6 Å². The number of rotatable bonds is 1. The molecule has 1 aromatic carbocycles. The first-order valence-electron chi connectivity index (χ1n) is 5.42. The van der Waals surface area contributed by atoms with Crippen molar-refractivity contribution >= 4 is 22.5 Å². The summed E-state index contributed by atoms with van der Waals surface area (Å²) in [5.74, 6) is -0.273. The van der Waals surface area contributed by atoms with Crippen LogP contribution in [-0.2, 0) is 0 Å². The third kappa shape index (κ3) is 1.75. The number of fused-ring (bicyclic) bond motifs is 1. The summed E-state index contributed by atoms with van der Waals surface area (Å²) in [6.07, 6.45) is 0. The van der Waals surface area contributed by atoms with Crippen LogP contribution in [-0.4, -0.2) is 15.2 Å². The lowest BCUT2D eigenvalue weighted by molar-refractivity contribution is 0.630. The van der Waals surface area contributed by atoms with Gasteiger partial charge in [-0.1, -0.05) is 11.6 Å². The Bertz CT molecular complexity index is 719. The molecule has 5 heteroatoms. The van der Waals surface area contributed by atoms with Crippen LogP contribution < -0.4 is 0 Å². The number of hydrogen-bond donors (Lipinski definition) is 1. The average Bonchev–Trinajstić information content (AvgIpc) is 2.66. The molecule has 1 N–H and O–H groups in total. The van der Waals surface area contributed by atoms with Crippen molar-refractivity contribution in [1.82, 2.24) is 15.2 Å². The Balaban J connectivity index is 2.30. The first kappa shape index (κ1) is 11.2. The first-order valence-corrected chi connectivity index (χ1v) is 5.80. The number of aromatic amines is 1. The molecule has 0 aliphatic carbocycles. The maximum absolute atomic E-state index is 13.3. The minimum atomic E-state index is -0.273. The quantitative estimate of drug-likeness (QED) is 0.725. The zero-order chi connectivity index (χ0) is 12.7. The molecule has 18 heavy (non-hydrogen) atoms. The predicted octanol–water partition coefficient (Wildman–Crippen LogP) is 3.73. The molecule has 0 unspecified atom stereocenters. The van der Waals surface area contributed by atoms with Crippen molar-refractivity contribution < 1.29 is 4.39 Å². The molecule has 3 nitrogen and oxygen atoms in total. The Morgan fingerprint density at radius 1 is 1.17 bits per heavy atom. The summed E-state index contributed by atoms with van der Waals surface area (Å²) < 4.78 is 13.3. The Morgan fingerprint density at radius 2 is 2.00 bits per heavy atom. The van der Waals surface area contributed by atoms with Crippen LogP contribution in [0.1, 0.15) is 5.69 Å². The largest absolute Gasteiger partial charge is 0.358 e. The van der Waals surface area contributed by atoms with Gasteiger partial charge in [0, 0.05) is 22.2 Å². The summed E-state index contributed by atoms with van der Waals surface area (Å²) in [5, 5.41) is 8.98. The molecule has 3 aromatic rings. The molecule has 0 fully saturated rings. The molecule has 90 valence electrons. The molecular weight excluding hydrogens is 253 g/mol. The molecule has 0 aliphatic rings. The van der Waals surface area contributed by atoms with Gasteiger partial charge in [-0.25, -0.2) is 4.39 Å². The second-order valence-electron chi connectivity index (χ2n) is 4.06. The van der Waals surface area contributed by atoms with Crippen molar-refractivity contribution in [3.8, 4) is 11.3 Å². The van der Waals surface area contributed by atoms with Crippen LogP contribution in [0.3, 0.4) is 0 Å². The fraction of sp³-hybridized carbons (Fsp3) is 0.0769. The Morgan fingerprint density at radius 3 is 2.72 bits per heavy atom. The van der Waals surface area contributed by atoms with Gasteiger partial charge in [0.15, 0.2) is 5.15 Å². The first-order chi connectivity index (χ1) is 8.65. The highest BCUT2D eigenvalue weighted by Gasteiger charge is 2.12. The molecule has 0 atom stereocenters. The Hall–Kier alpha value is -1.94. The zero-order valence-corrected chi connectivity index (χ0v) is 10.3. The maximum atomic E-state index is 13.3. The van der Waals surface area contributed by atoms with E-state index < -0.39 is 0 Å². The monoisotopic (exact) mass is 261 g/mol. The molecular formula is C13H9ClFN3. The van der Waals surface area contributed by atoms with Crippen molar-refractivity contribution in [2.24, 2.45) is 0 Å². The molecule has 0 radical (unpaired) electrons. The van der Waals surface area contributed by atoms with Crippen LogP contribution in [0.25, 0.3) is 22.2 Å². The van der Waals surface area contributed by atoms with E-state index in [1.165, 1.54) is 12.1 Å². The van der Waals surface area contributed by atoms with E-state index in [2.05, 4.69) is 15.2 Å². The zero-order valence-electron chi connectivity index (χ0n) is 9.54. The van der Waals surface area contributed by atoms with Crippen molar-refractivity contribution in [3.63, 3.8) is 0 Å². The van der Waals surface area contributed by atoms with Gasteiger partial charge in [0.25, 0.3) is 0 Å². The predicted molar refractivity (Wildman–Crippen MR) is 69.0 cm³/mol. The number of halogens is 2. The highest BCUT2D eigenvalue weighted by molar-refractivity contribution is 6.29. The van der Waals surface area contributed by atoms with Crippen LogP contribution in [0.4, 0.5) is 4.39 Å². The number of H-pyrrole nitrogens is 1. The highest BCUT2D eigenvalue weighted by Crippen LogP contribution is 2.31. The van der Waals surface area contributed by atoms with Gasteiger partial charge in [0.1, 0.15) is 5.82 Å². The molecule has 2 heterocycles.